The molecule has 130 valence electrons. The summed E-state index contributed by atoms with van der Waals surface area (Å²) in [6.07, 6.45) is 0. The number of nitrogens with one attached hydrogen (secondary N) is 1. The lowest BCUT2D eigenvalue weighted by Gasteiger charge is -2.11. The minimum absolute atomic E-state index is 0.131. The molecule has 0 saturated carbocycles. The second-order valence-electron chi connectivity index (χ2n) is 5.41. The van der Waals surface area contributed by atoms with E-state index in [9.17, 15) is 14.4 Å². The lowest BCUT2D eigenvalue weighted by atomic mass is 10.2. The van der Waals surface area contributed by atoms with Crippen LogP contribution in [0.1, 0.15) is 20.7 Å². The molecule has 0 fully saturated rings. The van der Waals surface area contributed by atoms with E-state index in [0.717, 1.165) is 0 Å². The molecule has 2 amide bonds. The van der Waals surface area contributed by atoms with Crippen LogP contribution in [0.15, 0.2) is 48.5 Å². The number of hydrogen-bond donors (Lipinski definition) is 1. The number of nitrogens with zero attached hydrogens (tertiary/aromatic N) is 1. The maximum absolute atomic E-state index is 11.9. The van der Waals surface area contributed by atoms with Gasteiger partial charge < -0.3 is 15.0 Å². The zero-order valence-corrected chi connectivity index (χ0v) is 14.5. The van der Waals surface area contributed by atoms with Crippen molar-refractivity contribution in [3.8, 4) is 0 Å². The molecule has 0 unspecified atom stereocenters. The van der Waals surface area contributed by atoms with E-state index in [1.54, 1.807) is 56.6 Å². The molecule has 0 heterocycles. The number of esters is 1. The smallest absolute Gasteiger partial charge is 0.338 e. The number of rotatable bonds is 5. The molecule has 0 spiro atoms. The topological polar surface area (TPSA) is 75.7 Å². The number of ether oxygens (including phenoxy) is 1. The van der Waals surface area contributed by atoms with Gasteiger partial charge in [-0.2, -0.15) is 0 Å². The van der Waals surface area contributed by atoms with Crippen LogP contribution in [-0.2, 0) is 9.53 Å². The lowest BCUT2D eigenvalue weighted by molar-refractivity contribution is -0.119. The van der Waals surface area contributed by atoms with Crippen molar-refractivity contribution in [1.29, 1.82) is 0 Å². The Morgan fingerprint density at radius 1 is 1.04 bits per heavy atom. The van der Waals surface area contributed by atoms with Gasteiger partial charge >= 0.3 is 5.97 Å². The number of benzene rings is 2. The third-order valence-corrected chi connectivity index (χ3v) is 3.45. The van der Waals surface area contributed by atoms with E-state index in [-0.39, 0.29) is 11.5 Å². The van der Waals surface area contributed by atoms with Crippen LogP contribution in [0.4, 0.5) is 5.69 Å². The summed E-state index contributed by atoms with van der Waals surface area (Å²) in [7, 11) is 3.32. The normalized spacial score (nSPS) is 10.0. The van der Waals surface area contributed by atoms with Crippen molar-refractivity contribution in [2.24, 2.45) is 0 Å². The fraction of sp³-hybridized carbons (Fsp3) is 0.167. The van der Waals surface area contributed by atoms with Gasteiger partial charge in [-0.3, -0.25) is 9.59 Å². The Kier molecular flexibility index (Phi) is 6.14. The Bertz CT molecular complexity index is 788. The highest BCUT2D eigenvalue weighted by molar-refractivity contribution is 6.30. The lowest BCUT2D eigenvalue weighted by Crippen LogP contribution is -2.22. The molecular formula is C18H17ClN2O4. The Hall–Kier alpha value is -2.86. The summed E-state index contributed by atoms with van der Waals surface area (Å²) in [6.45, 7) is -0.427. The molecule has 0 aliphatic carbocycles. The summed E-state index contributed by atoms with van der Waals surface area (Å²) in [5.41, 5.74) is 1.28. The average Bonchev–Trinajstić information content (AvgIpc) is 2.59. The standard InChI is InChI=1S/C18H17ClN2O4/c1-21(2)17(23)12-6-8-15(9-7-12)20-16(22)11-25-18(24)13-4-3-5-14(19)10-13/h3-10H,11H2,1-2H3,(H,20,22). The van der Waals surface area contributed by atoms with Crippen LogP contribution in [0.2, 0.25) is 5.02 Å². The van der Waals surface area contributed by atoms with E-state index in [1.807, 2.05) is 0 Å². The Labute approximate surface area is 150 Å². The Morgan fingerprint density at radius 2 is 1.72 bits per heavy atom. The molecule has 0 saturated heterocycles. The third-order valence-electron chi connectivity index (χ3n) is 3.22. The van der Waals surface area contributed by atoms with E-state index >= 15 is 0 Å². The molecule has 2 aromatic carbocycles. The predicted octanol–water partition coefficient (Wildman–Crippen LogP) is 2.84. The van der Waals surface area contributed by atoms with Crippen LogP contribution in [0.5, 0.6) is 0 Å². The molecule has 0 aromatic heterocycles. The number of carbonyl (C=O) groups excluding carboxylic acids is 3. The van der Waals surface area contributed by atoms with Gasteiger partial charge in [0.25, 0.3) is 11.8 Å². The predicted molar refractivity (Wildman–Crippen MR) is 94.8 cm³/mol. The van der Waals surface area contributed by atoms with E-state index in [0.29, 0.717) is 16.3 Å². The monoisotopic (exact) mass is 360 g/mol. The molecule has 25 heavy (non-hydrogen) atoms. The van der Waals surface area contributed by atoms with Gasteiger partial charge in [-0.05, 0) is 42.5 Å². The minimum Gasteiger partial charge on any atom is -0.452 e. The Morgan fingerprint density at radius 3 is 2.32 bits per heavy atom. The molecule has 0 radical (unpaired) electrons. The molecule has 6 nitrogen and oxygen atoms in total. The van der Waals surface area contributed by atoms with Crippen LogP contribution in [0, 0.1) is 0 Å². The maximum Gasteiger partial charge on any atom is 0.338 e. The van der Waals surface area contributed by atoms with Crippen molar-refractivity contribution in [3.63, 3.8) is 0 Å². The third kappa shape index (κ3) is 5.32. The quantitative estimate of drug-likeness (QED) is 0.832. The summed E-state index contributed by atoms with van der Waals surface area (Å²) in [4.78, 5) is 36.9. The summed E-state index contributed by atoms with van der Waals surface area (Å²) in [6, 6.07) is 12.7. The molecule has 0 atom stereocenters. The fourth-order valence-electron chi connectivity index (χ4n) is 1.98. The first-order valence-corrected chi connectivity index (χ1v) is 7.79. The zero-order valence-electron chi connectivity index (χ0n) is 13.8. The number of amides is 2. The average molecular weight is 361 g/mol. The maximum atomic E-state index is 11.9. The van der Waals surface area contributed by atoms with Gasteiger partial charge in [-0.25, -0.2) is 4.79 Å². The summed E-state index contributed by atoms with van der Waals surface area (Å²) in [5.74, 6) is -1.25. The van der Waals surface area contributed by atoms with Crippen molar-refractivity contribution in [3.05, 3.63) is 64.7 Å². The van der Waals surface area contributed by atoms with E-state index in [4.69, 9.17) is 16.3 Å². The largest absolute Gasteiger partial charge is 0.452 e. The van der Waals surface area contributed by atoms with Crippen molar-refractivity contribution < 1.29 is 19.1 Å². The van der Waals surface area contributed by atoms with Gasteiger partial charge in [0.1, 0.15) is 0 Å². The highest BCUT2D eigenvalue weighted by atomic mass is 35.5. The van der Waals surface area contributed by atoms with Crippen LogP contribution in [-0.4, -0.2) is 43.4 Å². The minimum atomic E-state index is -0.635. The van der Waals surface area contributed by atoms with Gasteiger partial charge in [0.05, 0.1) is 5.56 Å². The summed E-state index contributed by atoms with van der Waals surface area (Å²) >= 11 is 5.80. The van der Waals surface area contributed by atoms with Crippen molar-refractivity contribution in [1.82, 2.24) is 4.90 Å². The molecular weight excluding hydrogens is 344 g/mol. The highest BCUT2D eigenvalue weighted by Crippen LogP contribution is 2.13. The van der Waals surface area contributed by atoms with E-state index < -0.39 is 18.5 Å². The van der Waals surface area contributed by atoms with Crippen LogP contribution < -0.4 is 5.32 Å². The van der Waals surface area contributed by atoms with E-state index in [1.165, 1.54) is 11.0 Å². The molecule has 2 aromatic rings. The van der Waals surface area contributed by atoms with Crippen LogP contribution in [0.3, 0.4) is 0 Å². The Balaban J connectivity index is 1.88. The second-order valence-corrected chi connectivity index (χ2v) is 5.85. The first kappa shape index (κ1) is 18.5. The molecule has 0 aliphatic rings. The van der Waals surface area contributed by atoms with Crippen molar-refractivity contribution >= 4 is 35.1 Å². The molecule has 0 aliphatic heterocycles. The van der Waals surface area contributed by atoms with Gasteiger partial charge in [-0.15, -0.1) is 0 Å². The molecule has 0 bridgehead atoms. The molecule has 2 rings (SSSR count). The summed E-state index contributed by atoms with van der Waals surface area (Å²) in [5, 5.41) is 3.00. The molecule has 1 N–H and O–H groups in total. The fourth-order valence-corrected chi connectivity index (χ4v) is 2.17. The number of hydrogen-bond acceptors (Lipinski definition) is 4. The van der Waals surface area contributed by atoms with Gasteiger partial charge in [0.2, 0.25) is 0 Å². The first-order chi connectivity index (χ1) is 11.9. The first-order valence-electron chi connectivity index (χ1n) is 7.41. The second kappa shape index (κ2) is 8.30. The highest BCUT2D eigenvalue weighted by Gasteiger charge is 2.11. The van der Waals surface area contributed by atoms with Gasteiger partial charge in [-0.1, -0.05) is 17.7 Å². The van der Waals surface area contributed by atoms with Gasteiger partial charge in [0, 0.05) is 30.4 Å². The number of halogens is 1. The van der Waals surface area contributed by atoms with Gasteiger partial charge in [0.15, 0.2) is 6.61 Å². The van der Waals surface area contributed by atoms with Crippen molar-refractivity contribution in [2.45, 2.75) is 0 Å². The molecule has 7 heteroatoms. The van der Waals surface area contributed by atoms with Crippen LogP contribution in [0.25, 0.3) is 0 Å². The van der Waals surface area contributed by atoms with Crippen molar-refractivity contribution in [2.75, 3.05) is 26.0 Å². The number of carbonyl (C=O) groups is 3. The SMILES string of the molecule is CN(C)C(=O)c1ccc(NC(=O)COC(=O)c2cccc(Cl)c2)cc1. The van der Waals surface area contributed by atoms with E-state index in [2.05, 4.69) is 5.32 Å². The number of anilines is 1. The van der Waals surface area contributed by atoms with Crippen LogP contribution >= 0.6 is 11.6 Å². The summed E-state index contributed by atoms with van der Waals surface area (Å²) < 4.78 is 4.94. The zero-order chi connectivity index (χ0) is 18.4.